The van der Waals surface area contributed by atoms with Gasteiger partial charge in [-0.05, 0) is 92.5 Å². The molecule has 8 aromatic carbocycles. The maximum absolute atomic E-state index is 6.39. The van der Waals surface area contributed by atoms with Gasteiger partial charge in [0.1, 0.15) is 11.5 Å². The van der Waals surface area contributed by atoms with Gasteiger partial charge in [-0.15, -0.1) is 0 Å². The molecule has 1 aliphatic heterocycles. The summed E-state index contributed by atoms with van der Waals surface area (Å²) >= 11 is 0. The molecule has 0 unspecified atom stereocenters. The highest BCUT2D eigenvalue weighted by molar-refractivity contribution is 6.25. The first-order chi connectivity index (χ1) is 22.8. The number of para-hydroxylation sites is 1. The van der Waals surface area contributed by atoms with Crippen molar-refractivity contribution in [2.24, 2.45) is 0 Å². The topological polar surface area (TPSA) is 14.2 Å². The molecule has 2 heterocycles. The molecule has 0 bridgehead atoms. The van der Waals surface area contributed by atoms with Crippen LogP contribution in [0, 0.1) is 0 Å². The van der Waals surface area contributed by atoms with E-state index in [1.807, 2.05) is 0 Å². The fraction of sp³-hybridized carbons (Fsp3) is 0. The molecular weight excluding hydrogens is 558 g/mol. The van der Waals surface area contributed by atoms with Crippen molar-refractivity contribution in [1.29, 1.82) is 0 Å². The van der Waals surface area contributed by atoms with Crippen molar-refractivity contribution < 1.29 is 4.74 Å². The van der Waals surface area contributed by atoms with E-state index >= 15 is 0 Å². The van der Waals surface area contributed by atoms with E-state index in [-0.39, 0.29) is 0 Å². The number of ether oxygens (including phenoxy) is 1. The van der Waals surface area contributed by atoms with Crippen LogP contribution in [0.25, 0.3) is 82.4 Å². The second kappa shape index (κ2) is 9.69. The zero-order valence-electron chi connectivity index (χ0n) is 24.9. The molecule has 0 saturated carbocycles. The molecule has 1 aromatic heterocycles. The van der Waals surface area contributed by atoms with Crippen molar-refractivity contribution in [1.82, 2.24) is 4.57 Å². The smallest absolute Gasteiger partial charge is 0.135 e. The minimum Gasteiger partial charge on any atom is -0.456 e. The fourth-order valence-electron chi connectivity index (χ4n) is 7.53. The summed E-state index contributed by atoms with van der Waals surface area (Å²) in [7, 11) is 0. The first kappa shape index (κ1) is 25.2. The third-order valence-corrected chi connectivity index (χ3v) is 9.56. The molecular formula is C44H27NO. The molecule has 0 radical (unpaired) electrons. The number of aromatic nitrogens is 1. The van der Waals surface area contributed by atoms with Crippen LogP contribution in [0.3, 0.4) is 0 Å². The van der Waals surface area contributed by atoms with Gasteiger partial charge < -0.3 is 9.30 Å². The Hall–Kier alpha value is -6.12. The minimum atomic E-state index is 0.900. The fourth-order valence-corrected chi connectivity index (χ4v) is 7.53. The van der Waals surface area contributed by atoms with Gasteiger partial charge in [-0.1, -0.05) is 115 Å². The van der Waals surface area contributed by atoms with Crippen LogP contribution < -0.4 is 4.74 Å². The molecule has 0 aliphatic carbocycles. The van der Waals surface area contributed by atoms with E-state index in [0.717, 1.165) is 22.7 Å². The number of fused-ring (bicyclic) bond motifs is 7. The van der Waals surface area contributed by atoms with Crippen LogP contribution in [0.2, 0.25) is 0 Å². The monoisotopic (exact) mass is 585 g/mol. The summed E-state index contributed by atoms with van der Waals surface area (Å²) in [4.78, 5) is 0. The van der Waals surface area contributed by atoms with Crippen LogP contribution in [0.1, 0.15) is 0 Å². The van der Waals surface area contributed by atoms with Crippen molar-refractivity contribution in [2.75, 3.05) is 0 Å². The number of hydrogen-bond donors (Lipinski definition) is 0. The average Bonchev–Trinajstić information content (AvgIpc) is 3.47. The second-order valence-electron chi connectivity index (χ2n) is 12.1. The summed E-state index contributed by atoms with van der Waals surface area (Å²) in [6, 6.07) is 59.0. The van der Waals surface area contributed by atoms with Gasteiger partial charge in [0.15, 0.2) is 0 Å². The Morgan fingerprint density at radius 2 is 1.09 bits per heavy atom. The lowest BCUT2D eigenvalue weighted by atomic mass is 9.91. The van der Waals surface area contributed by atoms with Gasteiger partial charge in [-0.2, -0.15) is 0 Å². The zero-order valence-corrected chi connectivity index (χ0v) is 24.9. The van der Waals surface area contributed by atoms with Crippen molar-refractivity contribution >= 4 is 43.4 Å². The molecule has 10 rings (SSSR count). The van der Waals surface area contributed by atoms with Crippen LogP contribution in [0.5, 0.6) is 11.5 Å². The Morgan fingerprint density at radius 3 is 2.02 bits per heavy atom. The number of hydrogen-bond acceptors (Lipinski definition) is 1. The van der Waals surface area contributed by atoms with Gasteiger partial charge in [0.25, 0.3) is 0 Å². The minimum absolute atomic E-state index is 0.900. The molecule has 46 heavy (non-hydrogen) atoms. The van der Waals surface area contributed by atoms with E-state index < -0.39 is 0 Å². The lowest BCUT2D eigenvalue weighted by molar-refractivity contribution is 0.487. The molecule has 0 N–H and O–H groups in total. The van der Waals surface area contributed by atoms with Crippen LogP contribution >= 0.6 is 0 Å². The van der Waals surface area contributed by atoms with Gasteiger partial charge >= 0.3 is 0 Å². The third kappa shape index (κ3) is 3.65. The lowest BCUT2D eigenvalue weighted by Gasteiger charge is -2.22. The Morgan fingerprint density at radius 1 is 0.370 bits per heavy atom. The molecule has 0 fully saturated rings. The van der Waals surface area contributed by atoms with E-state index in [9.17, 15) is 0 Å². The van der Waals surface area contributed by atoms with E-state index in [0.29, 0.717) is 0 Å². The molecule has 1 aliphatic rings. The molecule has 0 saturated heterocycles. The highest BCUT2D eigenvalue weighted by atomic mass is 16.5. The summed E-state index contributed by atoms with van der Waals surface area (Å²) in [5.41, 5.74) is 10.7. The van der Waals surface area contributed by atoms with Crippen LogP contribution in [0.15, 0.2) is 164 Å². The summed E-state index contributed by atoms with van der Waals surface area (Å²) in [6.45, 7) is 0. The van der Waals surface area contributed by atoms with Crippen LogP contribution in [-0.4, -0.2) is 4.57 Å². The Balaban J connectivity index is 1.19. The molecule has 2 heteroatoms. The molecule has 0 atom stereocenters. The second-order valence-corrected chi connectivity index (χ2v) is 12.1. The summed E-state index contributed by atoms with van der Waals surface area (Å²) < 4.78 is 8.80. The van der Waals surface area contributed by atoms with Gasteiger partial charge in [0, 0.05) is 27.4 Å². The maximum atomic E-state index is 6.39. The van der Waals surface area contributed by atoms with Crippen molar-refractivity contribution in [2.45, 2.75) is 0 Å². The van der Waals surface area contributed by atoms with Crippen molar-refractivity contribution in [3.8, 4) is 50.6 Å². The summed E-state index contributed by atoms with van der Waals surface area (Å²) in [5.74, 6) is 1.82. The van der Waals surface area contributed by atoms with E-state index in [1.54, 1.807) is 0 Å². The van der Waals surface area contributed by atoms with E-state index in [1.165, 1.54) is 71.2 Å². The van der Waals surface area contributed by atoms with Gasteiger partial charge in [-0.25, -0.2) is 0 Å². The Kier molecular flexibility index (Phi) is 5.31. The summed E-state index contributed by atoms with van der Waals surface area (Å²) in [5, 5.41) is 7.46. The molecule has 214 valence electrons. The zero-order chi connectivity index (χ0) is 30.2. The molecule has 9 aromatic rings. The first-order valence-electron chi connectivity index (χ1n) is 15.8. The number of benzene rings is 8. The quantitative estimate of drug-likeness (QED) is 0.201. The van der Waals surface area contributed by atoms with Gasteiger partial charge in [0.2, 0.25) is 0 Å². The van der Waals surface area contributed by atoms with Gasteiger partial charge in [0.05, 0.1) is 11.0 Å². The SMILES string of the molecule is c1ccc(-n2c3cccc(-c4cccc(-c5ccc6c(c5)-c5cccc7cccc(c57)O6)c4)c3c3c4ccccc4ccc32)cc1. The van der Waals surface area contributed by atoms with Crippen molar-refractivity contribution in [3.05, 3.63) is 164 Å². The highest BCUT2D eigenvalue weighted by Gasteiger charge is 2.21. The van der Waals surface area contributed by atoms with Crippen molar-refractivity contribution in [3.63, 3.8) is 0 Å². The number of rotatable bonds is 3. The largest absolute Gasteiger partial charge is 0.456 e. The Bertz CT molecular complexity index is 2660. The normalized spacial score (nSPS) is 12.1. The first-order valence-corrected chi connectivity index (χ1v) is 15.8. The lowest BCUT2D eigenvalue weighted by Crippen LogP contribution is -1.97. The average molecular weight is 586 g/mol. The standard InChI is InChI=1S/C44H27NO/c1-2-15-33(16-3-1)45-38-20-9-18-35(44(38)43-34-17-5-4-10-28(34)22-24-39(43)45)32-14-6-13-30(26-32)31-23-25-40-37(27-31)36-19-7-11-29-12-8-21-41(46-40)42(29)36/h1-27H. The van der Waals surface area contributed by atoms with Crippen LogP contribution in [0.4, 0.5) is 0 Å². The van der Waals surface area contributed by atoms with E-state index in [2.05, 4.69) is 168 Å². The van der Waals surface area contributed by atoms with E-state index in [4.69, 9.17) is 4.74 Å². The predicted octanol–water partition coefficient (Wildman–Crippen LogP) is 12.2. The Labute approximate surface area is 266 Å². The number of nitrogens with zero attached hydrogens (tertiary/aromatic N) is 1. The molecule has 2 nitrogen and oxygen atoms in total. The van der Waals surface area contributed by atoms with Gasteiger partial charge in [-0.3, -0.25) is 0 Å². The predicted molar refractivity (Wildman–Crippen MR) is 192 cm³/mol. The third-order valence-electron chi connectivity index (χ3n) is 9.56. The highest BCUT2D eigenvalue weighted by Crippen LogP contribution is 2.48. The maximum Gasteiger partial charge on any atom is 0.135 e. The van der Waals surface area contributed by atoms with Crippen LogP contribution in [-0.2, 0) is 0 Å². The molecule has 0 spiro atoms. The summed E-state index contributed by atoms with van der Waals surface area (Å²) in [6.07, 6.45) is 0. The molecule has 0 amide bonds.